The number of aromatic nitrogens is 1. The van der Waals surface area contributed by atoms with Gasteiger partial charge >= 0.3 is 0 Å². The van der Waals surface area contributed by atoms with E-state index in [0.717, 1.165) is 63.2 Å². The first-order valence-corrected chi connectivity index (χ1v) is 10.3. The van der Waals surface area contributed by atoms with Crippen molar-refractivity contribution in [3.63, 3.8) is 0 Å². The molecule has 2 aromatic rings. The molecule has 2 aliphatic heterocycles. The van der Waals surface area contributed by atoms with E-state index < -0.39 is 0 Å². The molecule has 1 amide bonds. The molecule has 7 nitrogen and oxygen atoms in total. The maximum Gasteiger partial charge on any atom is 0.255 e. The summed E-state index contributed by atoms with van der Waals surface area (Å²) in [6.45, 7) is 6.96. The lowest BCUT2D eigenvalue weighted by Gasteiger charge is -2.26. The van der Waals surface area contributed by atoms with Crippen LogP contribution in [0.4, 0.5) is 11.5 Å². The molecule has 1 N–H and O–H groups in total. The summed E-state index contributed by atoms with van der Waals surface area (Å²) in [6, 6.07) is 11.1. The maximum atomic E-state index is 12.7. The molecule has 0 atom stereocenters. The molecule has 0 spiro atoms. The molecule has 1 aromatic carbocycles. The molecule has 7 heteroatoms. The highest BCUT2D eigenvalue weighted by Gasteiger charge is 2.16. The molecule has 4 rings (SSSR count). The summed E-state index contributed by atoms with van der Waals surface area (Å²) in [6.07, 6.45) is 4.06. The van der Waals surface area contributed by atoms with E-state index in [0.29, 0.717) is 12.2 Å². The summed E-state index contributed by atoms with van der Waals surface area (Å²) in [4.78, 5) is 21.7. The molecule has 3 heterocycles. The largest absolute Gasteiger partial charge is 0.492 e. The molecule has 0 radical (unpaired) electrons. The van der Waals surface area contributed by atoms with Crippen LogP contribution in [0.15, 0.2) is 42.6 Å². The monoisotopic (exact) mass is 396 g/mol. The Labute approximate surface area is 171 Å². The number of anilines is 2. The number of hydrogen-bond acceptors (Lipinski definition) is 6. The smallest absolute Gasteiger partial charge is 0.255 e. The van der Waals surface area contributed by atoms with Gasteiger partial charge in [-0.05, 0) is 37.1 Å². The molecule has 0 unspecified atom stereocenters. The number of rotatable bonds is 7. The van der Waals surface area contributed by atoms with Crippen LogP contribution in [-0.4, -0.2) is 68.3 Å². The first kappa shape index (κ1) is 19.7. The third-order valence-corrected chi connectivity index (χ3v) is 5.31. The molecular weight excluding hydrogens is 368 g/mol. The Bertz CT molecular complexity index is 817. The van der Waals surface area contributed by atoms with Gasteiger partial charge in [0.25, 0.3) is 5.91 Å². The van der Waals surface area contributed by atoms with Gasteiger partial charge in [-0.2, -0.15) is 0 Å². The van der Waals surface area contributed by atoms with Gasteiger partial charge in [0.05, 0.1) is 13.2 Å². The first-order valence-electron chi connectivity index (χ1n) is 10.3. The van der Waals surface area contributed by atoms with E-state index in [-0.39, 0.29) is 5.91 Å². The van der Waals surface area contributed by atoms with Crippen LogP contribution >= 0.6 is 0 Å². The summed E-state index contributed by atoms with van der Waals surface area (Å²) in [5.74, 6) is 1.48. The molecule has 1 aromatic heterocycles. The van der Waals surface area contributed by atoms with Crippen molar-refractivity contribution in [3.8, 4) is 5.75 Å². The lowest BCUT2D eigenvalue weighted by atomic mass is 10.2. The number of benzene rings is 1. The molecule has 2 aliphatic rings. The third-order valence-electron chi connectivity index (χ3n) is 5.31. The average molecular weight is 396 g/mol. The van der Waals surface area contributed by atoms with Gasteiger partial charge in [-0.15, -0.1) is 0 Å². The van der Waals surface area contributed by atoms with Crippen molar-refractivity contribution in [2.75, 3.05) is 62.8 Å². The highest BCUT2D eigenvalue weighted by atomic mass is 16.5. The van der Waals surface area contributed by atoms with Crippen LogP contribution in [-0.2, 0) is 4.74 Å². The van der Waals surface area contributed by atoms with E-state index in [1.807, 2.05) is 30.3 Å². The minimum absolute atomic E-state index is 0.140. The predicted molar refractivity (Wildman–Crippen MR) is 113 cm³/mol. The number of carbonyl (C=O) groups is 1. The zero-order valence-corrected chi connectivity index (χ0v) is 16.7. The van der Waals surface area contributed by atoms with Crippen molar-refractivity contribution >= 4 is 17.4 Å². The number of hydrogen-bond donors (Lipinski definition) is 1. The normalized spacial score (nSPS) is 17.3. The summed E-state index contributed by atoms with van der Waals surface area (Å²) in [5.41, 5.74) is 1.33. The van der Waals surface area contributed by atoms with Gasteiger partial charge in [0.2, 0.25) is 0 Å². The van der Waals surface area contributed by atoms with Gasteiger partial charge in [-0.1, -0.05) is 6.07 Å². The van der Waals surface area contributed by atoms with Gasteiger partial charge in [0, 0.05) is 56.2 Å². The maximum absolute atomic E-state index is 12.7. The zero-order chi connectivity index (χ0) is 19.9. The van der Waals surface area contributed by atoms with E-state index in [9.17, 15) is 4.79 Å². The number of nitrogens with one attached hydrogen (secondary N) is 1. The van der Waals surface area contributed by atoms with Crippen molar-refractivity contribution in [1.29, 1.82) is 0 Å². The van der Waals surface area contributed by atoms with E-state index >= 15 is 0 Å². The van der Waals surface area contributed by atoms with E-state index in [2.05, 4.69) is 20.1 Å². The fourth-order valence-electron chi connectivity index (χ4n) is 3.66. The van der Waals surface area contributed by atoms with Crippen LogP contribution in [0.25, 0.3) is 0 Å². The Morgan fingerprint density at radius 3 is 2.76 bits per heavy atom. The van der Waals surface area contributed by atoms with Gasteiger partial charge in [0.15, 0.2) is 0 Å². The Balaban J connectivity index is 1.32. The number of amides is 1. The van der Waals surface area contributed by atoms with E-state index in [4.69, 9.17) is 9.47 Å². The second kappa shape index (κ2) is 9.71. The van der Waals surface area contributed by atoms with Crippen molar-refractivity contribution < 1.29 is 14.3 Å². The minimum Gasteiger partial charge on any atom is -0.492 e. The van der Waals surface area contributed by atoms with Gasteiger partial charge < -0.3 is 19.7 Å². The van der Waals surface area contributed by atoms with Crippen LogP contribution in [0.1, 0.15) is 23.2 Å². The summed E-state index contributed by atoms with van der Waals surface area (Å²) in [7, 11) is 0. The third kappa shape index (κ3) is 5.46. The lowest BCUT2D eigenvalue weighted by Crippen LogP contribution is -2.38. The summed E-state index contributed by atoms with van der Waals surface area (Å²) < 4.78 is 11.2. The van der Waals surface area contributed by atoms with Gasteiger partial charge in [0.1, 0.15) is 18.2 Å². The SMILES string of the molecule is O=C(Nc1cccc(OCCN2CCOCC2)c1)c1ccnc(N2CCCC2)c1. The van der Waals surface area contributed by atoms with Gasteiger partial charge in [-0.3, -0.25) is 9.69 Å². The predicted octanol–water partition coefficient (Wildman–Crippen LogP) is 2.65. The Kier molecular flexibility index (Phi) is 6.59. The second-order valence-corrected chi connectivity index (χ2v) is 7.38. The topological polar surface area (TPSA) is 66.9 Å². The zero-order valence-electron chi connectivity index (χ0n) is 16.7. The number of pyridine rings is 1. The number of ether oxygens (including phenoxy) is 2. The van der Waals surface area contributed by atoms with Crippen LogP contribution in [0.5, 0.6) is 5.75 Å². The standard InChI is InChI=1S/C22H28N4O3/c27-22(18-6-7-23-21(16-18)26-8-1-2-9-26)24-19-4-3-5-20(17-19)29-15-12-25-10-13-28-14-11-25/h3-7,16-17H,1-2,8-15H2,(H,24,27). The second-order valence-electron chi connectivity index (χ2n) is 7.38. The number of nitrogens with zero attached hydrogens (tertiary/aromatic N) is 3. The molecule has 29 heavy (non-hydrogen) atoms. The fourth-order valence-corrected chi connectivity index (χ4v) is 3.66. The first-order chi connectivity index (χ1) is 14.3. The molecule has 0 bridgehead atoms. The number of morpholine rings is 1. The summed E-state index contributed by atoms with van der Waals surface area (Å²) in [5, 5.41) is 2.96. The molecule has 154 valence electrons. The highest BCUT2D eigenvalue weighted by Crippen LogP contribution is 2.21. The average Bonchev–Trinajstić information content (AvgIpc) is 3.30. The fraction of sp³-hybridized carbons (Fsp3) is 0.455. The van der Waals surface area contributed by atoms with Crippen LogP contribution in [0.3, 0.4) is 0 Å². The van der Waals surface area contributed by atoms with Crippen LogP contribution in [0, 0.1) is 0 Å². The van der Waals surface area contributed by atoms with Crippen molar-refractivity contribution in [2.24, 2.45) is 0 Å². The molecule has 2 fully saturated rings. The Morgan fingerprint density at radius 2 is 1.93 bits per heavy atom. The lowest BCUT2D eigenvalue weighted by molar-refractivity contribution is 0.0322. The van der Waals surface area contributed by atoms with Crippen molar-refractivity contribution in [1.82, 2.24) is 9.88 Å². The molecular formula is C22H28N4O3. The molecule has 0 saturated carbocycles. The number of carbonyl (C=O) groups excluding carboxylic acids is 1. The highest BCUT2D eigenvalue weighted by molar-refractivity contribution is 6.04. The van der Waals surface area contributed by atoms with Crippen LogP contribution in [0.2, 0.25) is 0 Å². The van der Waals surface area contributed by atoms with Crippen LogP contribution < -0.4 is 15.0 Å². The van der Waals surface area contributed by atoms with Crippen molar-refractivity contribution in [2.45, 2.75) is 12.8 Å². The molecule has 2 saturated heterocycles. The summed E-state index contributed by atoms with van der Waals surface area (Å²) >= 11 is 0. The van der Waals surface area contributed by atoms with Crippen molar-refractivity contribution in [3.05, 3.63) is 48.2 Å². The molecule has 0 aliphatic carbocycles. The Hall–Kier alpha value is -2.64. The van der Waals surface area contributed by atoms with Gasteiger partial charge in [-0.25, -0.2) is 4.98 Å². The quantitative estimate of drug-likeness (QED) is 0.776. The van der Waals surface area contributed by atoms with E-state index in [1.54, 1.807) is 12.3 Å². The Morgan fingerprint density at radius 1 is 1.10 bits per heavy atom. The van der Waals surface area contributed by atoms with E-state index in [1.165, 1.54) is 12.8 Å². The minimum atomic E-state index is -0.140.